The van der Waals surface area contributed by atoms with Crippen LogP contribution in [0.2, 0.25) is 0 Å². The van der Waals surface area contributed by atoms with E-state index in [1.54, 1.807) is 54.0 Å². The predicted molar refractivity (Wildman–Crippen MR) is 143 cm³/mol. The van der Waals surface area contributed by atoms with Crippen molar-refractivity contribution in [3.8, 4) is 28.6 Å². The second kappa shape index (κ2) is 9.82. The summed E-state index contributed by atoms with van der Waals surface area (Å²) in [5, 5.41) is 0.772. The number of carbonyl (C=O) groups is 1. The van der Waals surface area contributed by atoms with Gasteiger partial charge in [-0.3, -0.25) is 4.98 Å². The molecule has 0 aliphatic carbocycles. The number of hydrogen-bond donors (Lipinski definition) is 1. The largest absolute Gasteiger partial charge is 0.496 e. The number of amides is 2. The second-order valence-corrected chi connectivity index (χ2v) is 9.49. The summed E-state index contributed by atoms with van der Waals surface area (Å²) in [5.74, 6) is 0.474. The number of hydrogen-bond acceptors (Lipinski definition) is 7. The molecule has 11 heteroatoms. The van der Waals surface area contributed by atoms with E-state index in [4.69, 9.17) is 15.2 Å². The Bertz CT molecular complexity index is 1710. The molecule has 0 spiro atoms. The first-order valence-corrected chi connectivity index (χ1v) is 12.6. The molecular formula is C28H26FN7O3. The summed E-state index contributed by atoms with van der Waals surface area (Å²) in [6.07, 6.45) is 6.55. The molecule has 2 N–H and O–H groups in total. The summed E-state index contributed by atoms with van der Waals surface area (Å²) in [4.78, 5) is 30.6. The number of rotatable bonds is 5. The molecule has 0 saturated carbocycles. The number of urea groups is 1. The van der Waals surface area contributed by atoms with Crippen molar-refractivity contribution in [1.29, 1.82) is 0 Å². The Morgan fingerprint density at radius 2 is 1.87 bits per heavy atom. The molecule has 198 valence electrons. The molecule has 5 aromatic rings. The number of benzene rings is 2. The summed E-state index contributed by atoms with van der Waals surface area (Å²) in [5.41, 5.74) is 9.27. The summed E-state index contributed by atoms with van der Waals surface area (Å²) < 4.78 is 29.0. The first kappa shape index (κ1) is 24.5. The number of pyridine rings is 1. The Labute approximate surface area is 223 Å². The van der Waals surface area contributed by atoms with E-state index < -0.39 is 11.8 Å². The standard InChI is InChI=1S/C28H26FN7O3/c1-16-5-8-31-28(34-16)39-18-3-4-19(25(11-18)38-2)20-12-21-23(13-22(20)29)32-14-24-26(21)36(15-33-24)17-6-9-35(10-7-17)27(30)37/h3-5,8,11-15,17H,6-7,9-10H2,1-2H3,(H2,30,37). The quantitative estimate of drug-likeness (QED) is 0.341. The van der Waals surface area contributed by atoms with Gasteiger partial charge in [-0.05, 0) is 44.0 Å². The number of aryl methyl sites for hydroxylation is 1. The van der Waals surface area contributed by atoms with E-state index in [2.05, 4.69) is 24.5 Å². The second-order valence-electron chi connectivity index (χ2n) is 9.49. The number of piperidine rings is 1. The molecule has 1 aliphatic heterocycles. The van der Waals surface area contributed by atoms with Crippen LogP contribution in [0.1, 0.15) is 24.6 Å². The Hall–Kier alpha value is -4.80. The SMILES string of the molecule is COc1cc(Oc2nccc(C)n2)ccc1-c1cc2c(cc1F)ncc1ncn(C3CCN(C(N)=O)CC3)c12. The molecule has 1 fully saturated rings. The number of methoxy groups -OCH3 is 1. The summed E-state index contributed by atoms with van der Waals surface area (Å²) in [7, 11) is 1.53. The normalized spacial score (nSPS) is 14.2. The van der Waals surface area contributed by atoms with Crippen LogP contribution in [0.4, 0.5) is 9.18 Å². The van der Waals surface area contributed by atoms with Gasteiger partial charge in [0.15, 0.2) is 0 Å². The van der Waals surface area contributed by atoms with Crippen molar-refractivity contribution >= 4 is 28.0 Å². The van der Waals surface area contributed by atoms with Crippen LogP contribution in [0.25, 0.3) is 33.1 Å². The lowest BCUT2D eigenvalue weighted by atomic mass is 10.00. The number of nitrogens with two attached hydrogens (primary N) is 1. The van der Waals surface area contributed by atoms with Crippen molar-refractivity contribution in [2.45, 2.75) is 25.8 Å². The van der Waals surface area contributed by atoms with E-state index in [0.29, 0.717) is 46.7 Å². The number of aromatic nitrogens is 5. The number of ether oxygens (including phenoxy) is 2. The van der Waals surface area contributed by atoms with Gasteiger partial charge in [0.1, 0.15) is 22.8 Å². The number of primary amides is 1. The molecule has 2 aromatic carbocycles. The van der Waals surface area contributed by atoms with Crippen molar-refractivity contribution < 1.29 is 18.7 Å². The molecule has 2 amide bonds. The lowest BCUT2D eigenvalue weighted by molar-refractivity contribution is 0.181. The number of carbonyl (C=O) groups excluding carboxylic acids is 1. The van der Waals surface area contributed by atoms with Gasteiger partial charge in [0.25, 0.3) is 0 Å². The number of halogens is 1. The topological polar surface area (TPSA) is 121 Å². The number of nitrogens with zero attached hydrogens (tertiary/aromatic N) is 6. The lowest BCUT2D eigenvalue weighted by Crippen LogP contribution is -2.41. The van der Waals surface area contributed by atoms with Crippen molar-refractivity contribution in [3.05, 3.63) is 66.6 Å². The lowest BCUT2D eigenvalue weighted by Gasteiger charge is -2.31. The zero-order valence-corrected chi connectivity index (χ0v) is 21.5. The monoisotopic (exact) mass is 527 g/mol. The zero-order valence-electron chi connectivity index (χ0n) is 21.5. The third-order valence-electron chi connectivity index (χ3n) is 7.10. The van der Waals surface area contributed by atoms with E-state index in [1.807, 2.05) is 6.92 Å². The van der Waals surface area contributed by atoms with Crippen molar-refractivity contribution in [2.75, 3.05) is 20.2 Å². The summed E-state index contributed by atoms with van der Waals surface area (Å²) in [6.45, 7) is 2.99. The predicted octanol–water partition coefficient (Wildman–Crippen LogP) is 5.01. The average Bonchev–Trinajstić information content (AvgIpc) is 3.37. The number of likely N-dealkylation sites (tertiary alicyclic amines) is 1. The molecular weight excluding hydrogens is 501 g/mol. The first-order valence-electron chi connectivity index (χ1n) is 12.6. The van der Waals surface area contributed by atoms with Gasteiger partial charge in [-0.1, -0.05) is 0 Å². The summed E-state index contributed by atoms with van der Waals surface area (Å²) in [6, 6.07) is 10.1. The van der Waals surface area contributed by atoms with Crippen molar-refractivity contribution in [3.63, 3.8) is 0 Å². The Balaban J connectivity index is 1.41. The first-order chi connectivity index (χ1) is 18.9. The maximum atomic E-state index is 15.5. The molecule has 4 heterocycles. The molecule has 1 saturated heterocycles. The fraction of sp³-hybridized carbons (Fsp3) is 0.250. The molecule has 3 aromatic heterocycles. The molecule has 0 atom stereocenters. The van der Waals surface area contributed by atoms with Gasteiger partial charge in [0.05, 0.1) is 30.7 Å². The molecule has 10 nitrogen and oxygen atoms in total. The highest BCUT2D eigenvalue weighted by Crippen LogP contribution is 2.39. The minimum absolute atomic E-state index is 0.125. The fourth-order valence-electron chi connectivity index (χ4n) is 5.12. The van der Waals surface area contributed by atoms with Crippen LogP contribution in [0.5, 0.6) is 17.5 Å². The average molecular weight is 528 g/mol. The zero-order chi connectivity index (χ0) is 27.1. The van der Waals surface area contributed by atoms with E-state index in [-0.39, 0.29) is 12.1 Å². The Kier molecular flexibility index (Phi) is 6.18. The minimum Gasteiger partial charge on any atom is -0.496 e. The third kappa shape index (κ3) is 4.56. The van der Waals surface area contributed by atoms with Gasteiger partial charge in [0.2, 0.25) is 0 Å². The van der Waals surface area contributed by atoms with Crippen LogP contribution in [0.15, 0.2) is 55.1 Å². The highest BCUT2D eigenvalue weighted by Gasteiger charge is 2.25. The van der Waals surface area contributed by atoms with Crippen LogP contribution >= 0.6 is 0 Å². The smallest absolute Gasteiger partial charge is 0.322 e. The summed E-state index contributed by atoms with van der Waals surface area (Å²) >= 11 is 0. The maximum absolute atomic E-state index is 15.5. The highest BCUT2D eigenvalue weighted by molar-refractivity contribution is 6.04. The minimum atomic E-state index is -0.427. The van der Waals surface area contributed by atoms with Gasteiger partial charge in [-0.15, -0.1) is 0 Å². The van der Waals surface area contributed by atoms with Gasteiger partial charge in [0, 0.05) is 59.7 Å². The molecule has 6 rings (SSSR count). The van der Waals surface area contributed by atoms with Crippen LogP contribution < -0.4 is 15.2 Å². The molecule has 1 aliphatic rings. The highest BCUT2D eigenvalue weighted by atomic mass is 19.1. The maximum Gasteiger partial charge on any atom is 0.322 e. The fourth-order valence-corrected chi connectivity index (χ4v) is 5.12. The number of fused-ring (bicyclic) bond motifs is 3. The van der Waals surface area contributed by atoms with E-state index in [1.165, 1.54) is 13.2 Å². The third-order valence-corrected chi connectivity index (χ3v) is 7.10. The van der Waals surface area contributed by atoms with Crippen molar-refractivity contribution in [2.24, 2.45) is 5.73 Å². The van der Waals surface area contributed by atoms with E-state index in [9.17, 15) is 4.79 Å². The van der Waals surface area contributed by atoms with Crippen LogP contribution in [0.3, 0.4) is 0 Å². The molecule has 0 radical (unpaired) electrons. The number of imidazole rings is 1. The molecule has 0 bridgehead atoms. The van der Waals surface area contributed by atoms with Gasteiger partial charge in [-0.2, -0.15) is 0 Å². The van der Waals surface area contributed by atoms with Crippen LogP contribution in [-0.4, -0.2) is 55.6 Å². The Morgan fingerprint density at radius 3 is 2.62 bits per heavy atom. The Morgan fingerprint density at radius 1 is 1.05 bits per heavy atom. The van der Waals surface area contributed by atoms with E-state index >= 15 is 4.39 Å². The molecule has 0 unspecified atom stereocenters. The van der Waals surface area contributed by atoms with Crippen LogP contribution in [0, 0.1) is 12.7 Å². The molecule has 39 heavy (non-hydrogen) atoms. The van der Waals surface area contributed by atoms with Gasteiger partial charge < -0.3 is 24.7 Å². The van der Waals surface area contributed by atoms with Gasteiger partial charge >= 0.3 is 12.0 Å². The van der Waals surface area contributed by atoms with Crippen LogP contribution in [-0.2, 0) is 0 Å². The van der Waals surface area contributed by atoms with Crippen molar-refractivity contribution in [1.82, 2.24) is 29.4 Å². The van der Waals surface area contributed by atoms with Gasteiger partial charge in [-0.25, -0.2) is 24.1 Å². The van der Waals surface area contributed by atoms with E-state index in [0.717, 1.165) is 29.4 Å².